The van der Waals surface area contributed by atoms with Crippen molar-refractivity contribution in [1.82, 2.24) is 0 Å². The van der Waals surface area contributed by atoms with E-state index in [1.54, 1.807) is 41.3 Å². The van der Waals surface area contributed by atoms with Crippen molar-refractivity contribution < 1.29 is 14.7 Å². The number of para-hydroxylation sites is 2. The summed E-state index contributed by atoms with van der Waals surface area (Å²) in [6.45, 7) is 0.566. The molecule has 1 aliphatic heterocycles. The summed E-state index contributed by atoms with van der Waals surface area (Å²) in [5.41, 5.74) is 1.15. The number of halogens is 1. The maximum absolute atomic E-state index is 12.6. The van der Waals surface area contributed by atoms with Crippen LogP contribution in [0.25, 0.3) is 0 Å². The van der Waals surface area contributed by atoms with Gasteiger partial charge in [-0.25, -0.2) is 0 Å². The molecule has 2 N–H and O–H groups in total. The SMILES string of the molecule is O=C(Nc1ccccc1O)c1ccc(Cl)cc1N1CCCC1=O. The van der Waals surface area contributed by atoms with Gasteiger partial charge in [-0.3, -0.25) is 9.59 Å². The van der Waals surface area contributed by atoms with Gasteiger partial charge in [-0.2, -0.15) is 0 Å². The number of phenols is 1. The van der Waals surface area contributed by atoms with Crippen molar-refractivity contribution in [1.29, 1.82) is 0 Å². The zero-order valence-electron chi connectivity index (χ0n) is 12.3. The predicted octanol–water partition coefficient (Wildman–Crippen LogP) is 3.42. The Morgan fingerprint density at radius 1 is 1.22 bits per heavy atom. The van der Waals surface area contributed by atoms with Crippen LogP contribution in [-0.4, -0.2) is 23.5 Å². The van der Waals surface area contributed by atoms with Crippen LogP contribution in [0.3, 0.4) is 0 Å². The van der Waals surface area contributed by atoms with E-state index in [1.807, 2.05) is 0 Å². The van der Waals surface area contributed by atoms with E-state index in [-0.39, 0.29) is 11.7 Å². The number of carbonyl (C=O) groups is 2. The number of amides is 2. The first-order valence-electron chi connectivity index (χ1n) is 7.25. The summed E-state index contributed by atoms with van der Waals surface area (Å²) in [5.74, 6) is -0.449. The van der Waals surface area contributed by atoms with Gasteiger partial charge in [0.15, 0.2) is 0 Å². The maximum atomic E-state index is 12.6. The lowest BCUT2D eigenvalue weighted by Gasteiger charge is -2.20. The van der Waals surface area contributed by atoms with Gasteiger partial charge in [0.1, 0.15) is 5.75 Å². The van der Waals surface area contributed by atoms with Crippen LogP contribution >= 0.6 is 11.6 Å². The minimum absolute atomic E-state index is 0.0198. The van der Waals surface area contributed by atoms with Crippen molar-refractivity contribution in [2.24, 2.45) is 0 Å². The van der Waals surface area contributed by atoms with E-state index in [1.165, 1.54) is 6.07 Å². The standard InChI is InChI=1S/C17H15ClN2O3/c18-11-7-8-12(14(10-11)20-9-3-6-16(20)22)17(23)19-13-4-1-2-5-15(13)21/h1-2,4-5,7-8,10,21H,3,6,9H2,(H,19,23). The predicted molar refractivity (Wildman–Crippen MR) is 89.1 cm³/mol. The fraction of sp³-hybridized carbons (Fsp3) is 0.176. The molecule has 5 nitrogen and oxygen atoms in total. The molecule has 0 aliphatic carbocycles. The first-order chi connectivity index (χ1) is 11.1. The third-order valence-electron chi connectivity index (χ3n) is 3.72. The summed E-state index contributed by atoms with van der Waals surface area (Å²) in [6, 6.07) is 11.3. The Balaban J connectivity index is 1.94. The van der Waals surface area contributed by atoms with Crippen molar-refractivity contribution in [2.75, 3.05) is 16.8 Å². The van der Waals surface area contributed by atoms with Gasteiger partial charge in [0.2, 0.25) is 5.91 Å². The van der Waals surface area contributed by atoms with E-state index in [0.29, 0.717) is 34.9 Å². The second kappa shape index (κ2) is 6.30. The normalized spacial score (nSPS) is 14.1. The monoisotopic (exact) mass is 330 g/mol. The molecule has 118 valence electrons. The molecule has 0 bridgehead atoms. The molecule has 0 unspecified atom stereocenters. The van der Waals surface area contributed by atoms with Gasteiger partial charge in [-0.1, -0.05) is 23.7 Å². The lowest BCUT2D eigenvalue weighted by Crippen LogP contribution is -2.27. The van der Waals surface area contributed by atoms with Crippen LogP contribution in [0, 0.1) is 0 Å². The number of rotatable bonds is 3. The molecule has 0 radical (unpaired) electrons. The van der Waals surface area contributed by atoms with Crippen molar-refractivity contribution in [3.8, 4) is 5.75 Å². The summed E-state index contributed by atoms with van der Waals surface area (Å²) in [4.78, 5) is 26.1. The summed E-state index contributed by atoms with van der Waals surface area (Å²) in [6.07, 6.45) is 1.22. The lowest BCUT2D eigenvalue weighted by atomic mass is 10.1. The first kappa shape index (κ1) is 15.4. The number of benzene rings is 2. The molecule has 0 spiro atoms. The molecule has 2 aromatic carbocycles. The van der Waals surface area contributed by atoms with Gasteiger partial charge < -0.3 is 15.3 Å². The summed E-state index contributed by atoms with van der Waals surface area (Å²) >= 11 is 6.02. The quantitative estimate of drug-likeness (QED) is 0.847. The van der Waals surface area contributed by atoms with Crippen LogP contribution < -0.4 is 10.2 Å². The number of nitrogens with one attached hydrogen (secondary N) is 1. The number of phenolic OH excluding ortho intramolecular Hbond substituents is 1. The maximum Gasteiger partial charge on any atom is 0.257 e. The van der Waals surface area contributed by atoms with Crippen molar-refractivity contribution in [2.45, 2.75) is 12.8 Å². The van der Waals surface area contributed by atoms with E-state index in [2.05, 4.69) is 5.32 Å². The molecular weight excluding hydrogens is 316 g/mol. The highest BCUT2D eigenvalue weighted by molar-refractivity contribution is 6.31. The molecule has 23 heavy (non-hydrogen) atoms. The van der Waals surface area contributed by atoms with Crippen LogP contribution in [0.5, 0.6) is 5.75 Å². The molecule has 3 rings (SSSR count). The van der Waals surface area contributed by atoms with Crippen LogP contribution in [0.15, 0.2) is 42.5 Å². The minimum Gasteiger partial charge on any atom is -0.506 e. The third kappa shape index (κ3) is 3.14. The Kier molecular flexibility index (Phi) is 4.21. The molecule has 2 amide bonds. The van der Waals surface area contributed by atoms with Crippen LogP contribution in [0.1, 0.15) is 23.2 Å². The average Bonchev–Trinajstić information content (AvgIpc) is 2.95. The second-order valence-corrected chi connectivity index (χ2v) is 5.72. The van der Waals surface area contributed by atoms with Crippen LogP contribution in [-0.2, 0) is 4.79 Å². The van der Waals surface area contributed by atoms with Crippen LogP contribution in [0.2, 0.25) is 5.02 Å². The van der Waals surface area contributed by atoms with E-state index in [0.717, 1.165) is 6.42 Å². The van der Waals surface area contributed by atoms with Gasteiger partial charge >= 0.3 is 0 Å². The molecule has 0 atom stereocenters. The zero-order valence-corrected chi connectivity index (χ0v) is 13.0. The van der Waals surface area contributed by atoms with Gasteiger partial charge in [0, 0.05) is 18.0 Å². The molecule has 0 saturated carbocycles. The molecule has 1 fully saturated rings. The Hall–Kier alpha value is -2.53. The van der Waals surface area contributed by atoms with E-state index in [4.69, 9.17) is 11.6 Å². The Bertz CT molecular complexity index is 776. The number of anilines is 2. The van der Waals surface area contributed by atoms with Gasteiger partial charge in [0.25, 0.3) is 5.91 Å². The van der Waals surface area contributed by atoms with E-state index in [9.17, 15) is 14.7 Å². The smallest absolute Gasteiger partial charge is 0.257 e. The van der Waals surface area contributed by atoms with Crippen molar-refractivity contribution in [3.63, 3.8) is 0 Å². The van der Waals surface area contributed by atoms with E-state index >= 15 is 0 Å². The lowest BCUT2D eigenvalue weighted by molar-refractivity contribution is -0.117. The average molecular weight is 331 g/mol. The largest absolute Gasteiger partial charge is 0.506 e. The highest BCUT2D eigenvalue weighted by Crippen LogP contribution is 2.30. The van der Waals surface area contributed by atoms with Crippen molar-refractivity contribution >= 4 is 34.8 Å². The molecule has 1 saturated heterocycles. The second-order valence-electron chi connectivity index (χ2n) is 5.28. The number of nitrogens with zero attached hydrogens (tertiary/aromatic N) is 1. The summed E-state index contributed by atoms with van der Waals surface area (Å²) in [5, 5.41) is 12.9. The molecule has 0 aromatic heterocycles. The highest BCUT2D eigenvalue weighted by atomic mass is 35.5. The van der Waals surface area contributed by atoms with Crippen LogP contribution in [0.4, 0.5) is 11.4 Å². The molecule has 6 heteroatoms. The zero-order chi connectivity index (χ0) is 16.4. The number of carbonyl (C=O) groups excluding carboxylic acids is 2. The fourth-order valence-electron chi connectivity index (χ4n) is 2.59. The molecular formula is C17H15ClN2O3. The topological polar surface area (TPSA) is 69.6 Å². The van der Waals surface area contributed by atoms with E-state index < -0.39 is 5.91 Å². The molecule has 1 aliphatic rings. The van der Waals surface area contributed by atoms with Crippen molar-refractivity contribution in [3.05, 3.63) is 53.1 Å². The van der Waals surface area contributed by atoms with Gasteiger partial charge in [-0.05, 0) is 36.8 Å². The Morgan fingerprint density at radius 2 is 2.00 bits per heavy atom. The summed E-state index contributed by atoms with van der Waals surface area (Å²) in [7, 11) is 0. The highest BCUT2D eigenvalue weighted by Gasteiger charge is 2.26. The third-order valence-corrected chi connectivity index (χ3v) is 3.96. The summed E-state index contributed by atoms with van der Waals surface area (Å²) < 4.78 is 0. The van der Waals surface area contributed by atoms with Gasteiger partial charge in [0.05, 0.1) is 16.9 Å². The molecule has 2 aromatic rings. The first-order valence-corrected chi connectivity index (χ1v) is 7.63. The number of hydrogen-bond acceptors (Lipinski definition) is 3. The van der Waals surface area contributed by atoms with Gasteiger partial charge in [-0.15, -0.1) is 0 Å². The fourth-order valence-corrected chi connectivity index (χ4v) is 2.76. The Labute approximate surface area is 138 Å². The number of aromatic hydroxyl groups is 1. The molecule has 1 heterocycles. The Morgan fingerprint density at radius 3 is 2.70 bits per heavy atom. The number of hydrogen-bond donors (Lipinski definition) is 2. The minimum atomic E-state index is -0.405.